The highest BCUT2D eigenvalue weighted by atomic mass is 14.8. The van der Waals surface area contributed by atoms with Gasteiger partial charge >= 0.3 is 0 Å². The van der Waals surface area contributed by atoms with Gasteiger partial charge in [-0.15, -0.1) is 0 Å². The fourth-order valence-corrected chi connectivity index (χ4v) is 1.60. The Hall–Kier alpha value is -1.11. The van der Waals surface area contributed by atoms with Crippen LogP contribution in [-0.2, 0) is 6.42 Å². The van der Waals surface area contributed by atoms with Crippen LogP contribution in [0.3, 0.4) is 0 Å². The van der Waals surface area contributed by atoms with E-state index in [1.165, 1.54) is 22.5 Å². The average Bonchev–Trinajstić information content (AvgIpc) is 2.46. The zero-order valence-electron chi connectivity index (χ0n) is 7.59. The summed E-state index contributed by atoms with van der Waals surface area (Å²) in [5, 5.41) is 0. The maximum Gasteiger partial charge on any atom is 0.0665 e. The molecule has 0 amide bonds. The molecular formula is C11H13N. The van der Waals surface area contributed by atoms with Crippen molar-refractivity contribution in [1.82, 2.24) is 0 Å². The Morgan fingerprint density at radius 2 is 2.25 bits per heavy atom. The van der Waals surface area contributed by atoms with Gasteiger partial charge in [-0.05, 0) is 25.0 Å². The van der Waals surface area contributed by atoms with Gasteiger partial charge in [0.2, 0.25) is 0 Å². The Bertz CT molecular complexity index is 337. The van der Waals surface area contributed by atoms with Gasteiger partial charge in [0.25, 0.3) is 0 Å². The van der Waals surface area contributed by atoms with Crippen LogP contribution in [0.5, 0.6) is 0 Å². The molecule has 0 N–H and O–H groups in total. The smallest absolute Gasteiger partial charge is 0.0665 e. The lowest BCUT2D eigenvalue weighted by molar-refractivity contribution is 1.22. The lowest BCUT2D eigenvalue weighted by Crippen LogP contribution is -1.93. The molecule has 0 aromatic heterocycles. The Kier molecular flexibility index (Phi) is 1.72. The molecule has 1 aromatic rings. The van der Waals surface area contributed by atoms with Crippen LogP contribution in [0.2, 0.25) is 0 Å². The first kappa shape index (κ1) is 7.53. The van der Waals surface area contributed by atoms with Gasteiger partial charge in [-0.1, -0.05) is 24.6 Å². The van der Waals surface area contributed by atoms with Crippen molar-refractivity contribution in [3.63, 3.8) is 0 Å². The topological polar surface area (TPSA) is 12.4 Å². The van der Waals surface area contributed by atoms with Gasteiger partial charge in [0.05, 0.1) is 5.69 Å². The van der Waals surface area contributed by atoms with Crippen LogP contribution in [-0.4, -0.2) is 5.71 Å². The number of hydrogen-bond donors (Lipinski definition) is 0. The Morgan fingerprint density at radius 1 is 1.42 bits per heavy atom. The second-order valence-electron chi connectivity index (χ2n) is 3.34. The van der Waals surface area contributed by atoms with Crippen molar-refractivity contribution in [2.75, 3.05) is 0 Å². The highest BCUT2D eigenvalue weighted by Gasteiger charge is 2.11. The van der Waals surface area contributed by atoms with Crippen LogP contribution >= 0.6 is 0 Å². The predicted molar refractivity (Wildman–Crippen MR) is 52.3 cm³/mol. The molecule has 1 aliphatic heterocycles. The van der Waals surface area contributed by atoms with E-state index in [-0.39, 0.29) is 0 Å². The summed E-state index contributed by atoms with van der Waals surface area (Å²) in [6, 6.07) is 6.48. The molecule has 2 rings (SSSR count). The molecule has 62 valence electrons. The van der Waals surface area contributed by atoms with Gasteiger partial charge < -0.3 is 0 Å². The molecule has 1 heteroatoms. The molecule has 0 bridgehead atoms. The van der Waals surface area contributed by atoms with Gasteiger partial charge in [0.15, 0.2) is 0 Å². The first-order valence-electron chi connectivity index (χ1n) is 4.45. The molecule has 0 atom stereocenters. The number of hydrogen-bond acceptors (Lipinski definition) is 1. The monoisotopic (exact) mass is 159 g/mol. The zero-order chi connectivity index (χ0) is 8.55. The zero-order valence-corrected chi connectivity index (χ0v) is 7.59. The maximum atomic E-state index is 4.53. The third kappa shape index (κ3) is 1.15. The first-order valence-corrected chi connectivity index (χ1v) is 4.45. The standard InChI is InChI=1S/C11H13N/c1-3-10-7-9-6-8(2)4-5-11(9)12-10/h4-6H,3,7H2,1-2H3. The molecule has 0 aliphatic carbocycles. The Balaban J connectivity index is 2.40. The maximum absolute atomic E-state index is 4.53. The van der Waals surface area contributed by atoms with E-state index in [0.29, 0.717) is 0 Å². The van der Waals surface area contributed by atoms with Crippen LogP contribution in [0.25, 0.3) is 0 Å². The van der Waals surface area contributed by atoms with Crippen molar-refractivity contribution in [1.29, 1.82) is 0 Å². The summed E-state index contributed by atoms with van der Waals surface area (Å²) in [6.07, 6.45) is 2.14. The second kappa shape index (κ2) is 2.74. The molecule has 0 radical (unpaired) electrons. The lowest BCUT2D eigenvalue weighted by atomic mass is 10.1. The van der Waals surface area contributed by atoms with Crippen molar-refractivity contribution in [2.45, 2.75) is 26.7 Å². The van der Waals surface area contributed by atoms with E-state index in [0.717, 1.165) is 12.8 Å². The number of nitrogens with zero attached hydrogens (tertiary/aromatic N) is 1. The van der Waals surface area contributed by atoms with E-state index in [1.807, 2.05) is 0 Å². The molecule has 1 aromatic carbocycles. The van der Waals surface area contributed by atoms with E-state index < -0.39 is 0 Å². The molecule has 0 spiro atoms. The minimum absolute atomic E-state index is 1.06. The van der Waals surface area contributed by atoms with Crippen molar-refractivity contribution in [3.05, 3.63) is 29.3 Å². The molecule has 1 heterocycles. The number of aryl methyl sites for hydroxylation is 1. The fraction of sp³-hybridized carbons (Fsp3) is 0.364. The van der Waals surface area contributed by atoms with E-state index >= 15 is 0 Å². The highest BCUT2D eigenvalue weighted by molar-refractivity contribution is 5.93. The summed E-state index contributed by atoms with van der Waals surface area (Å²) in [6.45, 7) is 4.29. The average molecular weight is 159 g/mol. The van der Waals surface area contributed by atoms with Crippen molar-refractivity contribution in [3.8, 4) is 0 Å². The lowest BCUT2D eigenvalue weighted by Gasteiger charge is -1.97. The number of benzene rings is 1. The van der Waals surface area contributed by atoms with Crippen molar-refractivity contribution >= 4 is 11.4 Å². The quantitative estimate of drug-likeness (QED) is 0.597. The van der Waals surface area contributed by atoms with Gasteiger partial charge in [0.1, 0.15) is 0 Å². The first-order chi connectivity index (χ1) is 5.79. The number of aliphatic imine (C=N–C) groups is 1. The van der Waals surface area contributed by atoms with Crippen LogP contribution in [0.4, 0.5) is 5.69 Å². The minimum atomic E-state index is 1.06. The molecule has 0 saturated carbocycles. The van der Waals surface area contributed by atoms with Gasteiger partial charge in [0, 0.05) is 12.1 Å². The second-order valence-corrected chi connectivity index (χ2v) is 3.34. The number of rotatable bonds is 1. The molecule has 0 saturated heterocycles. The van der Waals surface area contributed by atoms with Crippen LogP contribution < -0.4 is 0 Å². The third-order valence-electron chi connectivity index (χ3n) is 2.32. The molecule has 0 unspecified atom stereocenters. The largest absolute Gasteiger partial charge is 0.257 e. The van der Waals surface area contributed by atoms with E-state index in [2.05, 4.69) is 37.0 Å². The third-order valence-corrected chi connectivity index (χ3v) is 2.32. The summed E-state index contributed by atoms with van der Waals surface area (Å²) in [5.74, 6) is 0. The van der Waals surface area contributed by atoms with Crippen LogP contribution in [0.15, 0.2) is 23.2 Å². The summed E-state index contributed by atoms with van der Waals surface area (Å²) in [7, 11) is 0. The highest BCUT2D eigenvalue weighted by Crippen LogP contribution is 2.27. The Morgan fingerprint density at radius 3 is 3.00 bits per heavy atom. The Labute approximate surface area is 73.1 Å². The van der Waals surface area contributed by atoms with E-state index in [4.69, 9.17) is 0 Å². The van der Waals surface area contributed by atoms with Crippen LogP contribution in [0.1, 0.15) is 24.5 Å². The van der Waals surface area contributed by atoms with Crippen molar-refractivity contribution in [2.24, 2.45) is 4.99 Å². The van der Waals surface area contributed by atoms with Gasteiger partial charge in [-0.3, -0.25) is 4.99 Å². The fourth-order valence-electron chi connectivity index (χ4n) is 1.60. The molecule has 1 aliphatic rings. The summed E-state index contributed by atoms with van der Waals surface area (Å²) < 4.78 is 0. The van der Waals surface area contributed by atoms with Crippen molar-refractivity contribution < 1.29 is 0 Å². The summed E-state index contributed by atoms with van der Waals surface area (Å²) in [4.78, 5) is 4.53. The van der Waals surface area contributed by atoms with Gasteiger partial charge in [-0.2, -0.15) is 0 Å². The minimum Gasteiger partial charge on any atom is -0.257 e. The number of fused-ring (bicyclic) bond motifs is 1. The predicted octanol–water partition coefficient (Wildman–Crippen LogP) is 3.03. The van der Waals surface area contributed by atoms with Crippen LogP contribution in [0, 0.1) is 6.92 Å². The van der Waals surface area contributed by atoms with Gasteiger partial charge in [-0.25, -0.2) is 0 Å². The normalized spacial score (nSPS) is 14.3. The molecule has 1 nitrogen and oxygen atoms in total. The molecular weight excluding hydrogens is 146 g/mol. The summed E-state index contributed by atoms with van der Waals surface area (Å²) in [5.41, 5.74) is 5.22. The van der Waals surface area contributed by atoms with E-state index in [9.17, 15) is 0 Å². The summed E-state index contributed by atoms with van der Waals surface area (Å²) >= 11 is 0. The van der Waals surface area contributed by atoms with E-state index in [1.54, 1.807) is 0 Å². The molecule has 12 heavy (non-hydrogen) atoms. The SMILES string of the molecule is CCC1=Nc2ccc(C)cc2C1. The molecule has 0 fully saturated rings.